The number of amides is 1. The van der Waals surface area contributed by atoms with Crippen LogP contribution in [-0.2, 0) is 6.18 Å². The number of nitrogens with two attached hydrogens (primary N) is 1. The van der Waals surface area contributed by atoms with E-state index >= 15 is 0 Å². The molecule has 0 bridgehead atoms. The van der Waals surface area contributed by atoms with Crippen molar-refractivity contribution >= 4 is 11.7 Å². The van der Waals surface area contributed by atoms with Crippen molar-refractivity contribution < 1.29 is 18.0 Å². The molecule has 0 radical (unpaired) electrons. The highest BCUT2D eigenvalue weighted by Gasteiger charge is 2.34. The van der Waals surface area contributed by atoms with Gasteiger partial charge in [-0.25, -0.2) is 4.98 Å². The smallest absolute Gasteiger partial charge is 0.365 e. The molecule has 2 rings (SSSR count). The highest BCUT2D eigenvalue weighted by molar-refractivity contribution is 5.97. The SMILES string of the molecule is CN1CCC(Nc2nc(C(F)(F)F)ccc2C(N)=O)C1. The van der Waals surface area contributed by atoms with Gasteiger partial charge < -0.3 is 16.0 Å². The van der Waals surface area contributed by atoms with E-state index in [1.807, 2.05) is 11.9 Å². The zero-order valence-corrected chi connectivity index (χ0v) is 10.9. The van der Waals surface area contributed by atoms with Crippen molar-refractivity contribution in [3.8, 4) is 0 Å². The van der Waals surface area contributed by atoms with Crippen LogP contribution in [0.3, 0.4) is 0 Å². The molecule has 20 heavy (non-hydrogen) atoms. The Hall–Kier alpha value is -1.83. The van der Waals surface area contributed by atoms with Crippen LogP contribution in [0.25, 0.3) is 0 Å². The molecule has 2 heterocycles. The van der Waals surface area contributed by atoms with Crippen molar-refractivity contribution in [3.63, 3.8) is 0 Å². The maximum Gasteiger partial charge on any atom is 0.433 e. The summed E-state index contributed by atoms with van der Waals surface area (Å²) < 4.78 is 38.0. The summed E-state index contributed by atoms with van der Waals surface area (Å²) in [7, 11) is 1.91. The highest BCUT2D eigenvalue weighted by Crippen LogP contribution is 2.30. The van der Waals surface area contributed by atoms with Crippen molar-refractivity contribution in [2.45, 2.75) is 18.6 Å². The number of hydrogen-bond acceptors (Lipinski definition) is 4. The van der Waals surface area contributed by atoms with E-state index in [9.17, 15) is 18.0 Å². The Bertz CT molecular complexity index is 518. The summed E-state index contributed by atoms with van der Waals surface area (Å²) in [5, 5.41) is 2.88. The Kier molecular flexibility index (Phi) is 3.85. The van der Waals surface area contributed by atoms with E-state index in [0.29, 0.717) is 6.54 Å². The summed E-state index contributed by atoms with van der Waals surface area (Å²) in [6.45, 7) is 1.51. The van der Waals surface area contributed by atoms with E-state index in [0.717, 1.165) is 25.1 Å². The van der Waals surface area contributed by atoms with Crippen LogP contribution in [0.1, 0.15) is 22.5 Å². The lowest BCUT2D eigenvalue weighted by molar-refractivity contribution is -0.141. The molecule has 8 heteroatoms. The van der Waals surface area contributed by atoms with Crippen LogP contribution in [0, 0.1) is 0 Å². The number of halogens is 3. The largest absolute Gasteiger partial charge is 0.433 e. The number of nitrogens with one attached hydrogen (secondary N) is 1. The monoisotopic (exact) mass is 288 g/mol. The second kappa shape index (κ2) is 5.28. The number of rotatable bonds is 3. The van der Waals surface area contributed by atoms with Gasteiger partial charge in [0.15, 0.2) is 0 Å². The molecule has 1 aliphatic rings. The molecule has 1 fully saturated rings. The summed E-state index contributed by atoms with van der Waals surface area (Å²) in [4.78, 5) is 16.8. The summed E-state index contributed by atoms with van der Waals surface area (Å²) >= 11 is 0. The molecule has 110 valence electrons. The van der Waals surface area contributed by atoms with E-state index in [1.54, 1.807) is 0 Å². The predicted molar refractivity (Wildman–Crippen MR) is 67.3 cm³/mol. The molecule has 0 saturated carbocycles. The van der Waals surface area contributed by atoms with Crippen LogP contribution >= 0.6 is 0 Å². The summed E-state index contributed by atoms with van der Waals surface area (Å²) in [6, 6.07) is 1.76. The molecule has 1 aliphatic heterocycles. The van der Waals surface area contributed by atoms with Gasteiger partial charge in [-0.05, 0) is 32.1 Å². The summed E-state index contributed by atoms with van der Waals surface area (Å²) in [5.41, 5.74) is 4.08. The van der Waals surface area contributed by atoms with Gasteiger partial charge in [0.1, 0.15) is 11.5 Å². The van der Waals surface area contributed by atoms with E-state index in [1.165, 1.54) is 0 Å². The van der Waals surface area contributed by atoms with Crippen LogP contribution in [0.15, 0.2) is 12.1 Å². The van der Waals surface area contributed by atoms with Gasteiger partial charge >= 0.3 is 6.18 Å². The van der Waals surface area contributed by atoms with Crippen LogP contribution < -0.4 is 11.1 Å². The molecule has 1 amide bonds. The molecule has 0 aliphatic carbocycles. The van der Waals surface area contributed by atoms with Crippen molar-refractivity contribution in [1.29, 1.82) is 0 Å². The molecule has 1 unspecified atom stereocenters. The average Bonchev–Trinajstić information content (AvgIpc) is 2.73. The third-order valence-corrected chi connectivity index (χ3v) is 3.18. The fraction of sp³-hybridized carbons (Fsp3) is 0.500. The van der Waals surface area contributed by atoms with Crippen molar-refractivity contribution in [2.24, 2.45) is 5.73 Å². The lowest BCUT2D eigenvalue weighted by Crippen LogP contribution is -2.27. The first-order valence-corrected chi connectivity index (χ1v) is 6.10. The predicted octanol–water partition coefficient (Wildman–Crippen LogP) is 1.32. The van der Waals surface area contributed by atoms with Crippen LogP contribution in [0.5, 0.6) is 0 Å². The summed E-state index contributed by atoms with van der Waals surface area (Å²) in [5.74, 6) is -0.910. The molecular weight excluding hydrogens is 273 g/mol. The van der Waals surface area contributed by atoms with Crippen molar-refractivity contribution in [3.05, 3.63) is 23.4 Å². The topological polar surface area (TPSA) is 71.2 Å². The molecule has 1 atom stereocenters. The number of carbonyl (C=O) groups is 1. The van der Waals surface area contributed by atoms with Gasteiger partial charge in [-0.3, -0.25) is 4.79 Å². The Morgan fingerprint density at radius 2 is 2.20 bits per heavy atom. The fourth-order valence-electron chi connectivity index (χ4n) is 2.17. The van der Waals surface area contributed by atoms with Crippen LogP contribution in [0.2, 0.25) is 0 Å². The molecule has 0 spiro atoms. The maximum atomic E-state index is 12.7. The minimum Gasteiger partial charge on any atom is -0.365 e. The first-order valence-electron chi connectivity index (χ1n) is 6.10. The number of primary amides is 1. The van der Waals surface area contributed by atoms with Crippen LogP contribution in [0.4, 0.5) is 19.0 Å². The normalized spacial score (nSPS) is 20.1. The Morgan fingerprint density at radius 1 is 1.50 bits per heavy atom. The Morgan fingerprint density at radius 3 is 2.70 bits per heavy atom. The number of nitrogens with zero attached hydrogens (tertiary/aromatic N) is 2. The number of likely N-dealkylation sites (N-methyl/N-ethyl adjacent to an activating group) is 1. The number of pyridine rings is 1. The second-order valence-corrected chi connectivity index (χ2v) is 4.85. The highest BCUT2D eigenvalue weighted by atomic mass is 19.4. The lowest BCUT2D eigenvalue weighted by Gasteiger charge is -2.17. The number of aromatic nitrogens is 1. The quantitative estimate of drug-likeness (QED) is 0.880. The average molecular weight is 288 g/mol. The first-order chi connectivity index (χ1) is 9.27. The zero-order chi connectivity index (χ0) is 14.9. The molecule has 1 aromatic rings. The number of anilines is 1. The van der Waals surface area contributed by atoms with E-state index in [2.05, 4.69) is 10.3 Å². The first kappa shape index (κ1) is 14.6. The summed E-state index contributed by atoms with van der Waals surface area (Å²) in [6.07, 6.45) is -3.79. The van der Waals surface area contributed by atoms with Crippen LogP contribution in [-0.4, -0.2) is 42.0 Å². The number of likely N-dealkylation sites (tertiary alicyclic amines) is 1. The molecular formula is C12H15F3N4O. The number of hydrogen-bond donors (Lipinski definition) is 2. The minimum atomic E-state index is -4.56. The van der Waals surface area contributed by atoms with Gasteiger partial charge in [0.2, 0.25) is 0 Å². The standard InChI is InChI=1S/C12H15F3N4O/c1-19-5-4-7(6-19)17-11-8(10(16)20)2-3-9(18-11)12(13,14)15/h2-3,7H,4-6H2,1H3,(H2,16,20)(H,17,18). The Balaban J connectivity index is 2.30. The van der Waals surface area contributed by atoms with Crippen molar-refractivity contribution in [2.75, 3.05) is 25.5 Å². The van der Waals surface area contributed by atoms with E-state index in [4.69, 9.17) is 5.73 Å². The molecule has 1 saturated heterocycles. The third kappa shape index (κ3) is 3.19. The Labute approximate surface area is 114 Å². The fourth-order valence-corrected chi connectivity index (χ4v) is 2.17. The van der Waals surface area contributed by atoms with E-state index in [-0.39, 0.29) is 17.4 Å². The number of carbonyl (C=O) groups excluding carboxylic acids is 1. The lowest BCUT2D eigenvalue weighted by atomic mass is 10.2. The van der Waals surface area contributed by atoms with E-state index < -0.39 is 17.8 Å². The molecule has 1 aromatic heterocycles. The van der Waals surface area contributed by atoms with Crippen molar-refractivity contribution in [1.82, 2.24) is 9.88 Å². The maximum absolute atomic E-state index is 12.7. The van der Waals surface area contributed by atoms with Gasteiger partial charge in [-0.15, -0.1) is 0 Å². The minimum absolute atomic E-state index is 0.0347. The second-order valence-electron chi connectivity index (χ2n) is 4.85. The van der Waals surface area contributed by atoms with Gasteiger partial charge in [0.05, 0.1) is 5.56 Å². The molecule has 3 N–H and O–H groups in total. The number of alkyl halides is 3. The molecule has 5 nitrogen and oxygen atoms in total. The third-order valence-electron chi connectivity index (χ3n) is 3.18. The van der Waals surface area contributed by atoms with Gasteiger partial charge in [0, 0.05) is 12.6 Å². The zero-order valence-electron chi connectivity index (χ0n) is 10.9. The molecule has 0 aromatic carbocycles. The van der Waals surface area contributed by atoms with Gasteiger partial charge in [-0.1, -0.05) is 0 Å². The van der Waals surface area contributed by atoms with Gasteiger partial charge in [-0.2, -0.15) is 13.2 Å². The van der Waals surface area contributed by atoms with Gasteiger partial charge in [0.25, 0.3) is 5.91 Å².